The van der Waals surface area contributed by atoms with Crippen molar-refractivity contribution in [1.82, 2.24) is 9.62 Å². The zero-order valence-electron chi connectivity index (χ0n) is 16.9. The maximum Gasteiger partial charge on any atom is 0.338 e. The number of sulfonamides is 1. The van der Waals surface area contributed by atoms with E-state index in [9.17, 15) is 18.0 Å². The third kappa shape index (κ3) is 6.27. The highest BCUT2D eigenvalue weighted by molar-refractivity contribution is 7.89. The predicted molar refractivity (Wildman–Crippen MR) is 112 cm³/mol. The quantitative estimate of drug-likeness (QED) is 0.511. The smallest absolute Gasteiger partial charge is 0.338 e. The Morgan fingerprint density at radius 2 is 1.71 bits per heavy atom. The molecule has 1 heterocycles. The van der Waals surface area contributed by atoms with Crippen molar-refractivity contribution in [2.45, 2.75) is 18.0 Å². The average molecular weight is 442 g/mol. The summed E-state index contributed by atoms with van der Waals surface area (Å²) in [6.07, 6.45) is 1.45. The van der Waals surface area contributed by atoms with Gasteiger partial charge in [0, 0.05) is 13.6 Å². The molecule has 1 amide bonds. The SMILES string of the molecule is CN(Cc1ccccc1)C(=O)COC(=O)c1ccc(S(=O)(=O)NCc2ccco2)cc1. The molecule has 0 aliphatic rings. The van der Waals surface area contributed by atoms with Crippen LogP contribution in [0.5, 0.6) is 0 Å². The maximum atomic E-state index is 12.3. The van der Waals surface area contributed by atoms with E-state index >= 15 is 0 Å². The molecule has 9 heteroatoms. The summed E-state index contributed by atoms with van der Waals surface area (Å²) in [4.78, 5) is 25.8. The first-order valence-electron chi connectivity index (χ1n) is 9.42. The molecule has 0 aliphatic heterocycles. The fraction of sp³-hybridized carbons (Fsp3) is 0.182. The van der Waals surface area contributed by atoms with Gasteiger partial charge < -0.3 is 14.1 Å². The number of hydrogen-bond donors (Lipinski definition) is 1. The van der Waals surface area contributed by atoms with Crippen molar-refractivity contribution in [2.75, 3.05) is 13.7 Å². The van der Waals surface area contributed by atoms with E-state index in [4.69, 9.17) is 9.15 Å². The predicted octanol–water partition coefficient (Wildman–Crippen LogP) is 2.57. The van der Waals surface area contributed by atoms with Crippen LogP contribution in [0.3, 0.4) is 0 Å². The van der Waals surface area contributed by atoms with Gasteiger partial charge in [0.2, 0.25) is 10.0 Å². The Bertz CT molecular complexity index is 1110. The minimum Gasteiger partial charge on any atom is -0.468 e. The van der Waals surface area contributed by atoms with Gasteiger partial charge in [0.1, 0.15) is 5.76 Å². The summed E-state index contributed by atoms with van der Waals surface area (Å²) in [5, 5.41) is 0. The Hall–Kier alpha value is -3.43. The van der Waals surface area contributed by atoms with Gasteiger partial charge in [-0.1, -0.05) is 30.3 Å². The van der Waals surface area contributed by atoms with E-state index in [-0.39, 0.29) is 22.9 Å². The number of rotatable bonds is 9. The van der Waals surface area contributed by atoms with Crippen LogP contribution >= 0.6 is 0 Å². The Balaban J connectivity index is 1.52. The summed E-state index contributed by atoms with van der Waals surface area (Å²) in [5.41, 5.74) is 1.10. The number of hydrogen-bond acceptors (Lipinski definition) is 6. The van der Waals surface area contributed by atoms with Crippen LogP contribution in [0.4, 0.5) is 0 Å². The molecule has 0 aliphatic carbocycles. The fourth-order valence-electron chi connectivity index (χ4n) is 2.70. The molecule has 0 spiro atoms. The first kappa shape index (κ1) is 22.3. The summed E-state index contributed by atoms with van der Waals surface area (Å²) in [6, 6.07) is 18.0. The minimum atomic E-state index is -3.77. The normalized spacial score (nSPS) is 11.1. The zero-order chi connectivity index (χ0) is 22.3. The molecule has 0 atom stereocenters. The van der Waals surface area contributed by atoms with E-state index in [2.05, 4.69) is 4.72 Å². The molecule has 1 aromatic heterocycles. The third-order valence-corrected chi connectivity index (χ3v) is 5.85. The van der Waals surface area contributed by atoms with Gasteiger partial charge in [0.25, 0.3) is 5.91 Å². The molecule has 3 aromatic rings. The lowest BCUT2D eigenvalue weighted by Gasteiger charge is -2.17. The monoisotopic (exact) mass is 442 g/mol. The van der Waals surface area contributed by atoms with Crippen molar-refractivity contribution >= 4 is 21.9 Å². The molecule has 0 bridgehead atoms. The first-order chi connectivity index (χ1) is 14.8. The van der Waals surface area contributed by atoms with E-state index in [0.29, 0.717) is 12.3 Å². The number of carbonyl (C=O) groups is 2. The van der Waals surface area contributed by atoms with Crippen molar-refractivity contribution in [3.8, 4) is 0 Å². The van der Waals surface area contributed by atoms with Crippen molar-refractivity contribution in [2.24, 2.45) is 0 Å². The second-order valence-corrected chi connectivity index (χ2v) is 8.51. The lowest BCUT2D eigenvalue weighted by molar-refractivity contribution is -0.133. The maximum absolute atomic E-state index is 12.3. The Kier molecular flexibility index (Phi) is 7.22. The van der Waals surface area contributed by atoms with E-state index in [1.807, 2.05) is 30.3 Å². The lowest BCUT2D eigenvalue weighted by Crippen LogP contribution is -2.30. The third-order valence-electron chi connectivity index (χ3n) is 4.43. The van der Waals surface area contributed by atoms with Crippen molar-refractivity contribution in [3.05, 3.63) is 89.9 Å². The number of amides is 1. The number of furan rings is 1. The number of likely N-dealkylation sites (N-methyl/N-ethyl adjacent to an activating group) is 1. The van der Waals surface area contributed by atoms with Crippen LogP contribution in [0.2, 0.25) is 0 Å². The summed E-state index contributed by atoms with van der Waals surface area (Å²) in [7, 11) is -2.14. The first-order valence-corrected chi connectivity index (χ1v) is 10.9. The van der Waals surface area contributed by atoms with E-state index in [1.165, 1.54) is 35.4 Å². The Morgan fingerprint density at radius 1 is 1.00 bits per heavy atom. The van der Waals surface area contributed by atoms with Crippen LogP contribution in [0, 0.1) is 0 Å². The van der Waals surface area contributed by atoms with Crippen LogP contribution in [-0.4, -0.2) is 38.8 Å². The van der Waals surface area contributed by atoms with Gasteiger partial charge in [-0.15, -0.1) is 0 Å². The van der Waals surface area contributed by atoms with Gasteiger partial charge in [-0.3, -0.25) is 4.79 Å². The molecule has 0 saturated heterocycles. The number of nitrogens with one attached hydrogen (secondary N) is 1. The molecule has 0 unspecified atom stereocenters. The molecule has 2 aromatic carbocycles. The summed E-state index contributed by atoms with van der Waals surface area (Å²) in [6.45, 7) is -0.000553. The highest BCUT2D eigenvalue weighted by Gasteiger charge is 2.17. The molecule has 1 N–H and O–H groups in total. The van der Waals surface area contributed by atoms with E-state index in [1.54, 1.807) is 19.2 Å². The van der Waals surface area contributed by atoms with Gasteiger partial charge in [-0.25, -0.2) is 17.9 Å². The van der Waals surface area contributed by atoms with Crippen molar-refractivity contribution in [1.29, 1.82) is 0 Å². The summed E-state index contributed by atoms with van der Waals surface area (Å²) < 4.78 is 37.2. The average Bonchev–Trinajstić information content (AvgIpc) is 3.30. The van der Waals surface area contributed by atoms with Crippen LogP contribution in [0.25, 0.3) is 0 Å². The van der Waals surface area contributed by atoms with Gasteiger partial charge in [-0.2, -0.15) is 0 Å². The van der Waals surface area contributed by atoms with Crippen LogP contribution in [0.1, 0.15) is 21.7 Å². The van der Waals surface area contributed by atoms with Gasteiger partial charge in [0.05, 0.1) is 23.3 Å². The second-order valence-electron chi connectivity index (χ2n) is 6.74. The molecular weight excluding hydrogens is 420 g/mol. The molecule has 0 radical (unpaired) electrons. The Morgan fingerprint density at radius 3 is 2.35 bits per heavy atom. The molecule has 31 heavy (non-hydrogen) atoms. The van der Waals surface area contributed by atoms with Crippen LogP contribution in [0.15, 0.2) is 82.3 Å². The number of benzene rings is 2. The van der Waals surface area contributed by atoms with Gasteiger partial charge in [-0.05, 0) is 42.0 Å². The molecule has 3 rings (SSSR count). The standard InChI is InChI=1S/C22H22N2O6S/c1-24(15-17-6-3-2-4-7-17)21(25)16-30-22(26)18-9-11-20(12-10-18)31(27,28)23-14-19-8-5-13-29-19/h2-13,23H,14-16H2,1H3. The molecule has 8 nitrogen and oxygen atoms in total. The minimum absolute atomic E-state index is 0.00530. The summed E-state index contributed by atoms with van der Waals surface area (Å²) in [5.74, 6) is -0.585. The zero-order valence-corrected chi connectivity index (χ0v) is 17.7. The van der Waals surface area contributed by atoms with Crippen LogP contribution < -0.4 is 4.72 Å². The molecule has 162 valence electrons. The fourth-order valence-corrected chi connectivity index (χ4v) is 3.69. The largest absolute Gasteiger partial charge is 0.468 e. The molecular formula is C22H22N2O6S. The topological polar surface area (TPSA) is 106 Å². The highest BCUT2D eigenvalue weighted by Crippen LogP contribution is 2.13. The summed E-state index contributed by atoms with van der Waals surface area (Å²) >= 11 is 0. The number of ether oxygens (including phenoxy) is 1. The van der Waals surface area contributed by atoms with Gasteiger partial charge in [0.15, 0.2) is 6.61 Å². The Labute approximate surface area is 180 Å². The van der Waals surface area contributed by atoms with Crippen molar-refractivity contribution < 1.29 is 27.2 Å². The number of carbonyl (C=O) groups excluding carboxylic acids is 2. The number of nitrogens with zero attached hydrogens (tertiary/aromatic N) is 1. The lowest BCUT2D eigenvalue weighted by atomic mass is 10.2. The second kappa shape index (κ2) is 10.1. The van der Waals surface area contributed by atoms with Gasteiger partial charge >= 0.3 is 5.97 Å². The van der Waals surface area contributed by atoms with E-state index in [0.717, 1.165) is 5.56 Å². The number of esters is 1. The van der Waals surface area contributed by atoms with E-state index < -0.39 is 22.6 Å². The van der Waals surface area contributed by atoms with Crippen molar-refractivity contribution in [3.63, 3.8) is 0 Å². The highest BCUT2D eigenvalue weighted by atomic mass is 32.2. The molecule has 0 saturated carbocycles. The van der Waals surface area contributed by atoms with Crippen LogP contribution in [-0.2, 0) is 32.6 Å². The molecule has 0 fully saturated rings.